The summed E-state index contributed by atoms with van der Waals surface area (Å²) in [5, 5.41) is 10.0. The molecule has 152 valence electrons. The highest BCUT2D eigenvalue weighted by atomic mass is 19.2. The number of carboxylic acids is 1. The standard InChI is InChI=1S/C24H19F2NO3/c25-20-5-1-16(12-21(20)26)14-30-23-7-2-15(3-8-24(28)29)11-19(23)17-4-6-22-18(13-17)9-10-27-22/h1-2,4-7,9-13,27H,3,8,14H2,(H,28,29). The Hall–Kier alpha value is -3.67. The summed E-state index contributed by atoms with van der Waals surface area (Å²) in [5.74, 6) is -2.10. The topological polar surface area (TPSA) is 62.3 Å². The molecule has 0 bridgehead atoms. The number of carboxylic acid groups (broad SMARTS) is 1. The van der Waals surface area contributed by atoms with Crippen LogP contribution in [0.1, 0.15) is 17.5 Å². The van der Waals surface area contributed by atoms with Gasteiger partial charge in [-0.1, -0.05) is 18.2 Å². The molecule has 1 aromatic heterocycles. The summed E-state index contributed by atoms with van der Waals surface area (Å²) in [6.45, 7) is 0.0745. The molecule has 0 aliphatic carbocycles. The number of fused-ring (bicyclic) bond motifs is 1. The molecule has 0 amide bonds. The van der Waals surface area contributed by atoms with E-state index in [0.29, 0.717) is 17.7 Å². The lowest BCUT2D eigenvalue weighted by Crippen LogP contribution is -2.01. The average Bonchev–Trinajstić information content (AvgIpc) is 3.21. The van der Waals surface area contributed by atoms with Gasteiger partial charge in [0.1, 0.15) is 12.4 Å². The summed E-state index contributed by atoms with van der Waals surface area (Å²) in [4.78, 5) is 14.1. The van der Waals surface area contributed by atoms with Crippen LogP contribution in [-0.2, 0) is 17.8 Å². The normalized spacial score (nSPS) is 11.0. The van der Waals surface area contributed by atoms with Crippen LogP contribution < -0.4 is 4.74 Å². The van der Waals surface area contributed by atoms with Gasteiger partial charge in [-0.2, -0.15) is 0 Å². The van der Waals surface area contributed by atoms with E-state index in [4.69, 9.17) is 9.84 Å². The van der Waals surface area contributed by atoms with Gasteiger partial charge in [-0.25, -0.2) is 8.78 Å². The number of H-pyrrole nitrogens is 1. The van der Waals surface area contributed by atoms with E-state index in [-0.39, 0.29) is 13.0 Å². The van der Waals surface area contributed by atoms with Crippen LogP contribution in [0, 0.1) is 11.6 Å². The summed E-state index contributed by atoms with van der Waals surface area (Å²) in [6.07, 6.45) is 2.29. The predicted molar refractivity (Wildman–Crippen MR) is 110 cm³/mol. The fourth-order valence-electron chi connectivity index (χ4n) is 3.35. The second-order valence-corrected chi connectivity index (χ2v) is 7.04. The number of ether oxygens (including phenoxy) is 1. The molecule has 0 saturated heterocycles. The molecule has 4 aromatic rings. The van der Waals surface area contributed by atoms with Crippen LogP contribution in [0.3, 0.4) is 0 Å². The van der Waals surface area contributed by atoms with Crippen molar-refractivity contribution in [3.05, 3.63) is 89.6 Å². The van der Waals surface area contributed by atoms with Crippen molar-refractivity contribution < 1.29 is 23.4 Å². The SMILES string of the molecule is O=C(O)CCc1ccc(OCc2ccc(F)c(F)c2)c(-c2ccc3[nH]ccc3c2)c1. The smallest absolute Gasteiger partial charge is 0.303 e. The fourth-order valence-corrected chi connectivity index (χ4v) is 3.35. The Balaban J connectivity index is 1.67. The molecule has 4 nitrogen and oxygen atoms in total. The summed E-state index contributed by atoms with van der Waals surface area (Å²) < 4.78 is 32.6. The van der Waals surface area contributed by atoms with Crippen LogP contribution in [0.4, 0.5) is 8.78 Å². The van der Waals surface area contributed by atoms with Crippen molar-refractivity contribution in [2.45, 2.75) is 19.4 Å². The van der Waals surface area contributed by atoms with Crippen molar-refractivity contribution in [2.24, 2.45) is 0 Å². The van der Waals surface area contributed by atoms with Gasteiger partial charge in [-0.05, 0) is 71.0 Å². The number of hydrogen-bond donors (Lipinski definition) is 2. The van der Waals surface area contributed by atoms with Gasteiger partial charge in [0.05, 0.1) is 0 Å². The van der Waals surface area contributed by atoms with Crippen molar-refractivity contribution in [2.75, 3.05) is 0 Å². The molecule has 0 atom stereocenters. The van der Waals surface area contributed by atoms with E-state index in [9.17, 15) is 13.6 Å². The maximum absolute atomic E-state index is 13.5. The number of aromatic amines is 1. The molecule has 0 fully saturated rings. The van der Waals surface area contributed by atoms with Gasteiger partial charge in [0.25, 0.3) is 0 Å². The quantitative estimate of drug-likeness (QED) is 0.413. The second kappa shape index (κ2) is 8.37. The van der Waals surface area contributed by atoms with Crippen molar-refractivity contribution in [1.82, 2.24) is 4.98 Å². The van der Waals surface area contributed by atoms with E-state index < -0.39 is 17.6 Å². The summed E-state index contributed by atoms with van der Waals surface area (Å²) in [5.41, 5.74) is 4.12. The Morgan fingerprint density at radius 2 is 1.77 bits per heavy atom. The van der Waals surface area contributed by atoms with E-state index in [0.717, 1.165) is 39.7 Å². The molecule has 1 heterocycles. The molecule has 0 aliphatic heterocycles. The number of halogens is 2. The zero-order valence-electron chi connectivity index (χ0n) is 16.0. The van der Waals surface area contributed by atoms with Crippen molar-refractivity contribution >= 4 is 16.9 Å². The monoisotopic (exact) mass is 407 g/mol. The lowest BCUT2D eigenvalue weighted by atomic mass is 9.99. The molecule has 0 radical (unpaired) electrons. The lowest BCUT2D eigenvalue weighted by Gasteiger charge is -2.14. The van der Waals surface area contributed by atoms with Gasteiger partial charge < -0.3 is 14.8 Å². The predicted octanol–water partition coefficient (Wildman–Crippen LogP) is 5.71. The maximum Gasteiger partial charge on any atom is 0.303 e. The minimum atomic E-state index is -0.918. The van der Waals surface area contributed by atoms with E-state index in [1.54, 1.807) is 6.07 Å². The van der Waals surface area contributed by atoms with Gasteiger partial charge in [0, 0.05) is 23.7 Å². The first-order valence-corrected chi connectivity index (χ1v) is 9.48. The molecule has 6 heteroatoms. The minimum absolute atomic E-state index is 0.0331. The second-order valence-electron chi connectivity index (χ2n) is 7.04. The summed E-state index contributed by atoms with van der Waals surface area (Å²) in [7, 11) is 0. The van der Waals surface area contributed by atoms with Crippen molar-refractivity contribution in [3.63, 3.8) is 0 Å². The molecule has 3 aromatic carbocycles. The Bertz CT molecular complexity index is 1220. The number of carbonyl (C=O) groups is 1. The number of rotatable bonds is 7. The third-order valence-electron chi connectivity index (χ3n) is 4.91. The third kappa shape index (κ3) is 4.33. The van der Waals surface area contributed by atoms with Crippen LogP contribution in [-0.4, -0.2) is 16.1 Å². The van der Waals surface area contributed by atoms with Gasteiger partial charge in [-0.3, -0.25) is 4.79 Å². The fraction of sp³-hybridized carbons (Fsp3) is 0.125. The van der Waals surface area contributed by atoms with Crippen LogP contribution in [0.15, 0.2) is 66.9 Å². The summed E-state index contributed by atoms with van der Waals surface area (Å²) in [6, 6.07) is 17.1. The Kier molecular flexibility index (Phi) is 5.48. The molecular formula is C24H19F2NO3. The molecule has 0 unspecified atom stereocenters. The lowest BCUT2D eigenvalue weighted by molar-refractivity contribution is -0.136. The molecule has 0 spiro atoms. The molecule has 0 aliphatic rings. The summed E-state index contributed by atoms with van der Waals surface area (Å²) >= 11 is 0. The number of aliphatic carboxylic acids is 1. The van der Waals surface area contributed by atoms with Gasteiger partial charge in [-0.15, -0.1) is 0 Å². The molecule has 30 heavy (non-hydrogen) atoms. The van der Waals surface area contributed by atoms with Gasteiger partial charge in [0.15, 0.2) is 11.6 Å². The zero-order chi connectivity index (χ0) is 21.1. The van der Waals surface area contributed by atoms with E-state index in [1.807, 2.05) is 42.6 Å². The number of aromatic nitrogens is 1. The van der Waals surface area contributed by atoms with Crippen LogP contribution in [0.2, 0.25) is 0 Å². The largest absolute Gasteiger partial charge is 0.488 e. The third-order valence-corrected chi connectivity index (χ3v) is 4.91. The first-order valence-electron chi connectivity index (χ1n) is 9.48. The van der Waals surface area contributed by atoms with E-state index in [1.165, 1.54) is 6.07 Å². The maximum atomic E-state index is 13.5. The Morgan fingerprint density at radius 3 is 2.57 bits per heavy atom. The number of aryl methyl sites for hydroxylation is 1. The number of hydrogen-bond acceptors (Lipinski definition) is 2. The molecule has 0 saturated carbocycles. The van der Waals surface area contributed by atoms with Crippen LogP contribution in [0.5, 0.6) is 5.75 Å². The highest BCUT2D eigenvalue weighted by Gasteiger charge is 2.11. The van der Waals surface area contributed by atoms with Crippen LogP contribution >= 0.6 is 0 Å². The average molecular weight is 407 g/mol. The highest BCUT2D eigenvalue weighted by Crippen LogP contribution is 2.34. The first-order chi connectivity index (χ1) is 14.5. The van der Waals surface area contributed by atoms with E-state index >= 15 is 0 Å². The van der Waals surface area contributed by atoms with Crippen molar-refractivity contribution in [1.29, 1.82) is 0 Å². The number of nitrogens with one attached hydrogen (secondary N) is 1. The van der Waals surface area contributed by atoms with Crippen molar-refractivity contribution in [3.8, 4) is 16.9 Å². The Labute approximate surface area is 171 Å². The molecule has 2 N–H and O–H groups in total. The van der Waals surface area contributed by atoms with Gasteiger partial charge >= 0.3 is 5.97 Å². The van der Waals surface area contributed by atoms with Gasteiger partial charge in [0.2, 0.25) is 0 Å². The minimum Gasteiger partial charge on any atom is -0.488 e. The Morgan fingerprint density at radius 1 is 0.933 bits per heavy atom. The van der Waals surface area contributed by atoms with Crippen LogP contribution in [0.25, 0.3) is 22.0 Å². The highest BCUT2D eigenvalue weighted by molar-refractivity contribution is 5.86. The zero-order valence-corrected chi connectivity index (χ0v) is 16.0. The number of benzene rings is 3. The molecular weight excluding hydrogens is 388 g/mol. The molecule has 4 rings (SSSR count). The van der Waals surface area contributed by atoms with E-state index in [2.05, 4.69) is 4.98 Å². The first kappa shape index (κ1) is 19.6.